The normalized spacial score (nSPS) is 18.0. The van der Waals surface area contributed by atoms with E-state index in [-0.39, 0.29) is 12.0 Å². The number of rotatable bonds is 3. The molecule has 2 aromatic heterocycles. The number of hydrogen-bond donors (Lipinski definition) is 0. The third kappa shape index (κ3) is 2.99. The van der Waals surface area contributed by atoms with Crippen LogP contribution in [0.4, 0.5) is 0 Å². The third-order valence-corrected chi connectivity index (χ3v) is 3.29. The maximum absolute atomic E-state index is 12.2. The van der Waals surface area contributed by atoms with Crippen molar-refractivity contribution in [1.29, 1.82) is 0 Å². The van der Waals surface area contributed by atoms with E-state index in [1.807, 2.05) is 6.92 Å². The number of aryl methyl sites for hydroxylation is 2. The van der Waals surface area contributed by atoms with Crippen LogP contribution in [0.2, 0.25) is 0 Å². The molecule has 3 heterocycles. The summed E-state index contributed by atoms with van der Waals surface area (Å²) in [5.41, 5.74) is 0.357. The molecule has 0 aromatic carbocycles. The lowest BCUT2D eigenvalue weighted by Gasteiger charge is -2.15. The number of likely N-dealkylation sites (tertiary alicyclic amines) is 1. The van der Waals surface area contributed by atoms with Gasteiger partial charge in [0, 0.05) is 32.3 Å². The summed E-state index contributed by atoms with van der Waals surface area (Å²) in [4.78, 5) is 22.2. The average Bonchev–Trinajstić information content (AvgIpc) is 3.07. The molecular formula is C13H16N6O2. The van der Waals surface area contributed by atoms with Gasteiger partial charge in [0.2, 0.25) is 5.88 Å². The Labute approximate surface area is 121 Å². The van der Waals surface area contributed by atoms with Gasteiger partial charge >= 0.3 is 0 Å². The van der Waals surface area contributed by atoms with Crippen LogP contribution in [0.1, 0.15) is 22.7 Å². The number of carbonyl (C=O) groups excluding carboxylic acids is 1. The van der Waals surface area contributed by atoms with Crippen LogP contribution >= 0.6 is 0 Å². The summed E-state index contributed by atoms with van der Waals surface area (Å²) >= 11 is 0. The molecule has 0 saturated carbocycles. The lowest BCUT2D eigenvalue weighted by molar-refractivity contribution is 0.0765. The molecule has 1 fully saturated rings. The van der Waals surface area contributed by atoms with E-state index >= 15 is 0 Å². The summed E-state index contributed by atoms with van der Waals surface area (Å²) in [6, 6.07) is 1.72. The number of ether oxygens (including phenoxy) is 1. The monoisotopic (exact) mass is 288 g/mol. The van der Waals surface area contributed by atoms with E-state index in [2.05, 4.69) is 20.3 Å². The first kappa shape index (κ1) is 13.5. The average molecular weight is 288 g/mol. The lowest BCUT2D eigenvalue weighted by atomic mass is 10.3. The van der Waals surface area contributed by atoms with E-state index < -0.39 is 0 Å². The Balaban J connectivity index is 1.61. The predicted molar refractivity (Wildman–Crippen MR) is 72.7 cm³/mol. The molecule has 3 rings (SSSR count). The van der Waals surface area contributed by atoms with Gasteiger partial charge in [-0.25, -0.2) is 4.98 Å². The highest BCUT2D eigenvalue weighted by atomic mass is 16.5. The van der Waals surface area contributed by atoms with Gasteiger partial charge in [0.15, 0.2) is 5.69 Å². The van der Waals surface area contributed by atoms with Crippen molar-refractivity contribution in [2.24, 2.45) is 7.05 Å². The highest BCUT2D eigenvalue weighted by molar-refractivity contribution is 5.92. The van der Waals surface area contributed by atoms with Crippen LogP contribution in [-0.4, -0.2) is 55.0 Å². The van der Waals surface area contributed by atoms with Gasteiger partial charge in [-0.1, -0.05) is 5.21 Å². The zero-order valence-corrected chi connectivity index (χ0v) is 11.9. The van der Waals surface area contributed by atoms with Crippen LogP contribution in [0.3, 0.4) is 0 Å². The van der Waals surface area contributed by atoms with Gasteiger partial charge in [-0.2, -0.15) is 4.98 Å². The fraction of sp³-hybridized carbons (Fsp3) is 0.462. The maximum Gasteiger partial charge on any atom is 0.276 e. The van der Waals surface area contributed by atoms with Gasteiger partial charge in [0.05, 0.1) is 12.7 Å². The molecule has 0 bridgehead atoms. The Hall–Kier alpha value is -2.51. The van der Waals surface area contributed by atoms with Gasteiger partial charge in [0.1, 0.15) is 11.9 Å². The first-order chi connectivity index (χ1) is 10.1. The van der Waals surface area contributed by atoms with E-state index in [1.54, 1.807) is 30.4 Å². The topological polar surface area (TPSA) is 86.0 Å². The van der Waals surface area contributed by atoms with Gasteiger partial charge in [-0.15, -0.1) is 5.10 Å². The smallest absolute Gasteiger partial charge is 0.276 e. The summed E-state index contributed by atoms with van der Waals surface area (Å²) in [6.45, 7) is 2.98. The van der Waals surface area contributed by atoms with Crippen molar-refractivity contribution >= 4 is 5.91 Å². The molecule has 8 nitrogen and oxygen atoms in total. The minimum atomic E-state index is -0.118. The number of carbonyl (C=O) groups is 1. The molecule has 1 saturated heterocycles. The van der Waals surface area contributed by atoms with Crippen LogP contribution in [-0.2, 0) is 7.05 Å². The molecule has 21 heavy (non-hydrogen) atoms. The van der Waals surface area contributed by atoms with E-state index in [0.717, 1.165) is 6.42 Å². The van der Waals surface area contributed by atoms with E-state index in [4.69, 9.17) is 4.74 Å². The van der Waals surface area contributed by atoms with Crippen molar-refractivity contribution in [2.45, 2.75) is 19.4 Å². The fourth-order valence-corrected chi connectivity index (χ4v) is 2.29. The summed E-state index contributed by atoms with van der Waals surface area (Å²) in [5, 5.41) is 7.62. The Morgan fingerprint density at radius 1 is 1.48 bits per heavy atom. The number of hydrogen-bond acceptors (Lipinski definition) is 6. The molecule has 2 aromatic rings. The molecule has 1 amide bonds. The second-order valence-electron chi connectivity index (χ2n) is 5.00. The van der Waals surface area contributed by atoms with Gasteiger partial charge < -0.3 is 9.64 Å². The van der Waals surface area contributed by atoms with Gasteiger partial charge in [-0.3, -0.25) is 9.48 Å². The molecule has 0 unspecified atom stereocenters. The Kier molecular flexibility index (Phi) is 3.51. The Morgan fingerprint density at radius 2 is 2.33 bits per heavy atom. The summed E-state index contributed by atoms with van der Waals surface area (Å²) in [6.07, 6.45) is 3.99. The largest absolute Gasteiger partial charge is 0.472 e. The van der Waals surface area contributed by atoms with Crippen molar-refractivity contribution < 1.29 is 9.53 Å². The maximum atomic E-state index is 12.2. The molecular weight excluding hydrogens is 272 g/mol. The van der Waals surface area contributed by atoms with Crippen LogP contribution in [0.15, 0.2) is 18.5 Å². The molecule has 8 heteroatoms. The molecule has 0 radical (unpaired) electrons. The predicted octanol–water partition coefficient (Wildman–Crippen LogP) is 0.207. The zero-order chi connectivity index (χ0) is 14.8. The van der Waals surface area contributed by atoms with Crippen LogP contribution in [0.5, 0.6) is 5.88 Å². The number of nitrogens with zero attached hydrogens (tertiary/aromatic N) is 6. The summed E-state index contributed by atoms with van der Waals surface area (Å²) < 4.78 is 7.31. The first-order valence-corrected chi connectivity index (χ1v) is 6.74. The standard InChI is InChI=1S/C13H16N6O2/c1-9-14-5-3-12(15-9)21-10-4-6-19(7-10)13(20)11-8-18(2)17-16-11/h3,5,8,10H,4,6-7H2,1-2H3/t10-/m1/s1. The van der Waals surface area contributed by atoms with E-state index in [1.165, 1.54) is 4.68 Å². The summed E-state index contributed by atoms with van der Waals surface area (Å²) in [5.74, 6) is 1.09. The Bertz CT molecular complexity index is 656. The highest BCUT2D eigenvalue weighted by Crippen LogP contribution is 2.17. The minimum Gasteiger partial charge on any atom is -0.472 e. The number of amides is 1. The van der Waals surface area contributed by atoms with Crippen molar-refractivity contribution in [3.05, 3.63) is 30.0 Å². The van der Waals surface area contributed by atoms with E-state index in [0.29, 0.717) is 30.5 Å². The second kappa shape index (κ2) is 5.47. The molecule has 1 aliphatic rings. The van der Waals surface area contributed by atoms with Crippen molar-refractivity contribution in [3.63, 3.8) is 0 Å². The Morgan fingerprint density at radius 3 is 3.05 bits per heavy atom. The molecule has 110 valence electrons. The van der Waals surface area contributed by atoms with Crippen LogP contribution in [0.25, 0.3) is 0 Å². The quantitative estimate of drug-likeness (QED) is 0.802. The SMILES string of the molecule is Cc1nccc(O[C@@H]2CCN(C(=O)c3cn(C)nn3)C2)n1. The molecule has 0 N–H and O–H groups in total. The highest BCUT2D eigenvalue weighted by Gasteiger charge is 2.29. The molecule has 0 aliphatic carbocycles. The van der Waals surface area contributed by atoms with E-state index in [9.17, 15) is 4.79 Å². The minimum absolute atomic E-state index is 0.0556. The first-order valence-electron chi connectivity index (χ1n) is 6.74. The zero-order valence-electron chi connectivity index (χ0n) is 11.9. The molecule has 0 spiro atoms. The van der Waals surface area contributed by atoms with Gasteiger partial charge in [0.25, 0.3) is 5.91 Å². The third-order valence-electron chi connectivity index (χ3n) is 3.29. The second-order valence-corrected chi connectivity index (χ2v) is 5.00. The van der Waals surface area contributed by atoms with Gasteiger partial charge in [-0.05, 0) is 6.92 Å². The molecule has 1 atom stereocenters. The molecule has 1 aliphatic heterocycles. The lowest BCUT2D eigenvalue weighted by Crippen LogP contribution is -2.31. The van der Waals surface area contributed by atoms with Crippen LogP contribution < -0.4 is 4.74 Å². The van der Waals surface area contributed by atoms with Crippen molar-refractivity contribution in [1.82, 2.24) is 29.9 Å². The van der Waals surface area contributed by atoms with Crippen molar-refractivity contribution in [3.8, 4) is 5.88 Å². The number of aromatic nitrogens is 5. The fourth-order valence-electron chi connectivity index (χ4n) is 2.29. The van der Waals surface area contributed by atoms with Crippen LogP contribution in [0, 0.1) is 6.92 Å². The summed E-state index contributed by atoms with van der Waals surface area (Å²) in [7, 11) is 1.73. The van der Waals surface area contributed by atoms with Crippen molar-refractivity contribution in [2.75, 3.05) is 13.1 Å².